The third kappa shape index (κ3) is 5.29. The predicted molar refractivity (Wildman–Crippen MR) is 101 cm³/mol. The van der Waals surface area contributed by atoms with Crippen LogP contribution in [-0.4, -0.2) is 18.6 Å². The van der Waals surface area contributed by atoms with Crippen LogP contribution < -0.4 is 5.48 Å². The number of methoxy groups -OCH3 is 1. The molecule has 1 heterocycles. The molecule has 0 aliphatic carbocycles. The van der Waals surface area contributed by atoms with E-state index in [1.165, 1.54) is 18.4 Å². The van der Waals surface area contributed by atoms with Crippen molar-refractivity contribution in [3.05, 3.63) is 39.6 Å². The Labute approximate surface area is 156 Å². The number of carbonyl (C=O) groups excluding carboxylic acids is 1. The highest BCUT2D eigenvalue weighted by molar-refractivity contribution is 7.94. The van der Waals surface area contributed by atoms with Gasteiger partial charge in [-0.15, -0.1) is 20.7 Å². The number of rotatable bonds is 6. The zero-order chi connectivity index (χ0) is 18.6. The molecule has 0 saturated heterocycles. The van der Waals surface area contributed by atoms with Crippen molar-refractivity contribution >= 4 is 29.3 Å². The van der Waals surface area contributed by atoms with Gasteiger partial charge >= 0.3 is 5.97 Å². The predicted octanol–water partition coefficient (Wildman–Crippen LogP) is 5.08. The third-order valence-corrected chi connectivity index (χ3v) is 5.17. The van der Waals surface area contributed by atoms with Crippen LogP contribution in [0.1, 0.15) is 41.6 Å². The van der Waals surface area contributed by atoms with Crippen molar-refractivity contribution in [2.24, 2.45) is 0 Å². The Morgan fingerprint density at radius 1 is 1.20 bits per heavy atom. The smallest absolute Gasteiger partial charge is 0.348 e. The summed E-state index contributed by atoms with van der Waals surface area (Å²) in [6, 6.07) is 5.95. The Hall–Kier alpha value is -1.38. The number of benzene rings is 1. The number of thiophene rings is 1. The summed E-state index contributed by atoms with van der Waals surface area (Å²) < 4.78 is 10.0. The number of hydrogen-bond donors (Lipinski definition) is 1. The summed E-state index contributed by atoms with van der Waals surface area (Å²) in [6.07, 6.45) is 0. The number of aryl methyl sites for hydroxylation is 2. The van der Waals surface area contributed by atoms with Crippen molar-refractivity contribution in [3.8, 4) is 11.1 Å². The average molecular weight is 382 g/mol. The van der Waals surface area contributed by atoms with E-state index < -0.39 is 0 Å². The minimum Gasteiger partial charge on any atom is -0.465 e. The molecule has 25 heavy (non-hydrogen) atoms. The standard InChI is InChI=1S/C18H23NO4S2/c1-11-9-13(15-12(2)10-24-16(15)17(20)21-6)7-8-14(11)25-23-22-19-18(3,4)5/h7-10,19H,1-6H3. The number of ether oxygens (including phenoxy) is 1. The van der Waals surface area contributed by atoms with Crippen LogP contribution in [0.25, 0.3) is 11.1 Å². The highest BCUT2D eigenvalue weighted by Gasteiger charge is 2.19. The van der Waals surface area contributed by atoms with Crippen LogP contribution in [-0.2, 0) is 14.1 Å². The first kappa shape index (κ1) is 19.9. The molecule has 1 aromatic carbocycles. The fourth-order valence-electron chi connectivity index (χ4n) is 2.14. The minimum absolute atomic E-state index is 0.194. The Kier molecular flexibility index (Phi) is 6.65. The number of carbonyl (C=O) groups is 1. The maximum absolute atomic E-state index is 12.0. The van der Waals surface area contributed by atoms with Crippen molar-refractivity contribution in [1.82, 2.24) is 5.48 Å². The zero-order valence-corrected chi connectivity index (χ0v) is 16.9. The molecule has 5 nitrogen and oxygen atoms in total. The van der Waals surface area contributed by atoms with E-state index in [4.69, 9.17) is 14.1 Å². The van der Waals surface area contributed by atoms with Gasteiger partial charge in [0.25, 0.3) is 0 Å². The van der Waals surface area contributed by atoms with E-state index in [2.05, 4.69) is 5.48 Å². The fourth-order valence-corrected chi connectivity index (χ4v) is 3.58. The first-order valence-corrected chi connectivity index (χ1v) is 9.40. The summed E-state index contributed by atoms with van der Waals surface area (Å²) in [7, 11) is 1.40. The molecule has 0 radical (unpaired) electrons. The normalized spacial score (nSPS) is 11.6. The molecule has 0 atom stereocenters. The van der Waals surface area contributed by atoms with E-state index in [1.807, 2.05) is 58.2 Å². The molecule has 0 saturated carbocycles. The highest BCUT2D eigenvalue weighted by atomic mass is 32.2. The van der Waals surface area contributed by atoms with Crippen molar-refractivity contribution < 1.29 is 18.9 Å². The van der Waals surface area contributed by atoms with Gasteiger partial charge in [-0.2, -0.15) is 5.48 Å². The first-order chi connectivity index (χ1) is 11.7. The van der Waals surface area contributed by atoms with Gasteiger partial charge in [0.05, 0.1) is 19.2 Å². The molecule has 1 aromatic heterocycles. The van der Waals surface area contributed by atoms with Crippen LogP contribution in [0, 0.1) is 13.8 Å². The van der Waals surface area contributed by atoms with Gasteiger partial charge in [0.15, 0.2) is 0 Å². The lowest BCUT2D eigenvalue weighted by Crippen LogP contribution is -2.35. The van der Waals surface area contributed by atoms with E-state index in [9.17, 15) is 4.79 Å². The van der Waals surface area contributed by atoms with E-state index in [-0.39, 0.29) is 11.5 Å². The van der Waals surface area contributed by atoms with Crippen molar-refractivity contribution in [1.29, 1.82) is 0 Å². The molecule has 0 bridgehead atoms. The summed E-state index contributed by atoms with van der Waals surface area (Å²) in [6.45, 7) is 9.91. The molecule has 0 unspecified atom stereocenters. The summed E-state index contributed by atoms with van der Waals surface area (Å²) in [4.78, 5) is 18.5. The fraction of sp³-hybridized carbons (Fsp3) is 0.389. The first-order valence-electron chi connectivity index (χ1n) is 7.77. The van der Waals surface area contributed by atoms with Crippen molar-refractivity contribution in [2.75, 3.05) is 7.11 Å². The van der Waals surface area contributed by atoms with Gasteiger partial charge in [0.2, 0.25) is 0 Å². The van der Waals surface area contributed by atoms with Gasteiger partial charge in [-0.1, -0.05) is 12.1 Å². The zero-order valence-electron chi connectivity index (χ0n) is 15.3. The Bertz CT molecular complexity index is 750. The molecule has 0 amide bonds. The summed E-state index contributed by atoms with van der Waals surface area (Å²) in [5, 5.41) is 1.97. The summed E-state index contributed by atoms with van der Waals surface area (Å²) in [5.41, 5.74) is 6.58. The van der Waals surface area contributed by atoms with Crippen LogP contribution in [0.4, 0.5) is 0 Å². The van der Waals surface area contributed by atoms with Crippen LogP contribution in [0.2, 0.25) is 0 Å². The molecular weight excluding hydrogens is 358 g/mol. The van der Waals surface area contributed by atoms with Gasteiger partial charge in [0.1, 0.15) is 4.88 Å². The number of nitrogens with one attached hydrogen (secondary N) is 1. The Morgan fingerprint density at radius 3 is 2.52 bits per heavy atom. The van der Waals surface area contributed by atoms with Gasteiger partial charge in [-0.05, 0) is 62.8 Å². The monoisotopic (exact) mass is 381 g/mol. The van der Waals surface area contributed by atoms with Crippen LogP contribution in [0.3, 0.4) is 0 Å². The summed E-state index contributed by atoms with van der Waals surface area (Å²) in [5.74, 6) is -0.311. The van der Waals surface area contributed by atoms with Crippen LogP contribution in [0.15, 0.2) is 28.5 Å². The molecule has 136 valence electrons. The van der Waals surface area contributed by atoms with E-state index in [0.717, 1.165) is 39.2 Å². The molecule has 0 aliphatic heterocycles. The number of hydrogen-bond acceptors (Lipinski definition) is 7. The molecule has 0 fully saturated rings. The molecule has 0 aliphatic rings. The molecule has 2 aromatic rings. The number of hydroxylamine groups is 1. The van der Waals surface area contributed by atoms with Gasteiger partial charge in [-0.3, -0.25) is 0 Å². The minimum atomic E-state index is -0.311. The second-order valence-electron chi connectivity index (χ2n) is 6.68. The molecule has 2 rings (SSSR count). The lowest BCUT2D eigenvalue weighted by atomic mass is 10.0. The van der Waals surface area contributed by atoms with E-state index >= 15 is 0 Å². The molecule has 7 heteroatoms. The van der Waals surface area contributed by atoms with Gasteiger partial charge in [0, 0.05) is 16.0 Å². The Morgan fingerprint density at radius 2 is 1.92 bits per heavy atom. The average Bonchev–Trinajstić information content (AvgIpc) is 2.92. The van der Waals surface area contributed by atoms with E-state index in [1.54, 1.807) is 0 Å². The van der Waals surface area contributed by atoms with Gasteiger partial charge < -0.3 is 4.74 Å². The largest absolute Gasteiger partial charge is 0.465 e. The maximum atomic E-state index is 12.0. The Balaban J connectivity index is 2.15. The SMILES string of the molecule is COC(=O)c1scc(C)c1-c1ccc(SOONC(C)(C)C)c(C)c1. The van der Waals surface area contributed by atoms with E-state index in [0.29, 0.717) is 4.88 Å². The molecule has 1 N–H and O–H groups in total. The second-order valence-corrected chi connectivity index (χ2v) is 8.30. The second kappa shape index (κ2) is 8.33. The molecule has 0 spiro atoms. The van der Waals surface area contributed by atoms with Crippen molar-refractivity contribution in [3.63, 3.8) is 0 Å². The lowest BCUT2D eigenvalue weighted by molar-refractivity contribution is -0.262. The third-order valence-electron chi connectivity index (χ3n) is 3.32. The quantitative estimate of drug-likeness (QED) is 0.248. The lowest BCUT2D eigenvalue weighted by Gasteiger charge is -2.18. The van der Waals surface area contributed by atoms with Gasteiger partial charge in [-0.25, -0.2) is 4.79 Å². The number of esters is 1. The maximum Gasteiger partial charge on any atom is 0.348 e. The summed E-state index contributed by atoms with van der Waals surface area (Å²) >= 11 is 2.54. The van der Waals surface area contributed by atoms with Crippen molar-refractivity contribution in [2.45, 2.75) is 45.1 Å². The highest BCUT2D eigenvalue weighted by Crippen LogP contribution is 2.35. The molecular formula is C18H23NO4S2. The van der Waals surface area contributed by atoms with Crippen LogP contribution in [0.5, 0.6) is 0 Å². The van der Waals surface area contributed by atoms with Crippen LogP contribution >= 0.6 is 23.4 Å². The topological polar surface area (TPSA) is 56.8 Å².